The molecule has 0 fully saturated rings. The number of benzene rings is 2. The van der Waals surface area contributed by atoms with E-state index in [1.807, 2.05) is 42.5 Å². The van der Waals surface area contributed by atoms with Crippen LogP contribution in [0.25, 0.3) is 0 Å². The summed E-state index contributed by atoms with van der Waals surface area (Å²) < 4.78 is 5.50. The number of hydrogen-bond donors (Lipinski definition) is 3. The minimum Gasteiger partial charge on any atom is -0.493 e. The number of rotatable bonds is 7. The lowest BCUT2D eigenvalue weighted by Crippen LogP contribution is -2.45. The zero-order valence-electron chi connectivity index (χ0n) is 14.2. The van der Waals surface area contributed by atoms with E-state index >= 15 is 0 Å². The Morgan fingerprint density at radius 2 is 2.00 bits per heavy atom. The van der Waals surface area contributed by atoms with Crippen molar-refractivity contribution in [1.29, 1.82) is 0 Å². The highest BCUT2D eigenvalue weighted by Gasteiger charge is 2.13. The van der Waals surface area contributed by atoms with Crippen molar-refractivity contribution in [2.75, 3.05) is 19.8 Å². The first-order valence-corrected chi connectivity index (χ1v) is 8.68. The number of aliphatic hydroxyl groups excluding tert-OH is 1. The lowest BCUT2D eigenvalue weighted by molar-refractivity contribution is 0.216. The van der Waals surface area contributed by atoms with Crippen LogP contribution in [0, 0.1) is 0 Å². The predicted molar refractivity (Wildman–Crippen MR) is 96.9 cm³/mol. The molecule has 25 heavy (non-hydrogen) atoms. The highest BCUT2D eigenvalue weighted by atomic mass is 16.5. The molecule has 132 valence electrons. The molecule has 2 amide bonds. The van der Waals surface area contributed by atoms with E-state index in [2.05, 4.69) is 16.7 Å². The van der Waals surface area contributed by atoms with Gasteiger partial charge in [-0.25, -0.2) is 4.79 Å². The molecule has 0 aliphatic carbocycles. The highest BCUT2D eigenvalue weighted by molar-refractivity contribution is 5.74. The third-order valence-corrected chi connectivity index (χ3v) is 4.33. The largest absolute Gasteiger partial charge is 0.493 e. The molecule has 5 nitrogen and oxygen atoms in total. The molecule has 5 heteroatoms. The van der Waals surface area contributed by atoms with Crippen LogP contribution in [0.3, 0.4) is 0 Å². The van der Waals surface area contributed by atoms with E-state index in [0.717, 1.165) is 30.8 Å². The van der Waals surface area contributed by atoms with Crippen molar-refractivity contribution in [2.45, 2.75) is 25.3 Å². The number of amides is 2. The molecule has 2 aromatic rings. The van der Waals surface area contributed by atoms with Gasteiger partial charge in [-0.05, 0) is 35.6 Å². The maximum Gasteiger partial charge on any atom is 0.315 e. The molecule has 2 aromatic carbocycles. The second-order valence-corrected chi connectivity index (χ2v) is 6.26. The van der Waals surface area contributed by atoms with Gasteiger partial charge in [0.1, 0.15) is 5.75 Å². The Bertz CT molecular complexity index is 703. The summed E-state index contributed by atoms with van der Waals surface area (Å²) in [6.45, 7) is 1.21. The van der Waals surface area contributed by atoms with E-state index in [0.29, 0.717) is 13.0 Å². The molecule has 1 aliphatic rings. The molecule has 3 N–H and O–H groups in total. The van der Waals surface area contributed by atoms with Gasteiger partial charge in [-0.2, -0.15) is 0 Å². The van der Waals surface area contributed by atoms with Crippen LogP contribution in [0.1, 0.15) is 16.7 Å². The van der Waals surface area contributed by atoms with E-state index in [-0.39, 0.29) is 18.7 Å². The van der Waals surface area contributed by atoms with Crippen molar-refractivity contribution in [2.24, 2.45) is 0 Å². The monoisotopic (exact) mass is 340 g/mol. The summed E-state index contributed by atoms with van der Waals surface area (Å²) >= 11 is 0. The van der Waals surface area contributed by atoms with Gasteiger partial charge in [0, 0.05) is 13.0 Å². The van der Waals surface area contributed by atoms with Crippen molar-refractivity contribution in [1.82, 2.24) is 10.6 Å². The van der Waals surface area contributed by atoms with Crippen molar-refractivity contribution in [3.8, 4) is 5.75 Å². The van der Waals surface area contributed by atoms with Gasteiger partial charge in [-0.3, -0.25) is 0 Å². The Hall–Kier alpha value is -2.53. The fraction of sp³-hybridized carbons (Fsp3) is 0.350. The number of fused-ring (bicyclic) bond motifs is 1. The number of aliphatic hydroxyl groups is 1. The Morgan fingerprint density at radius 1 is 1.16 bits per heavy atom. The predicted octanol–water partition coefficient (Wildman–Crippen LogP) is 2.07. The first-order valence-electron chi connectivity index (χ1n) is 8.68. The quantitative estimate of drug-likeness (QED) is 0.723. The van der Waals surface area contributed by atoms with E-state index < -0.39 is 0 Å². The second-order valence-electron chi connectivity index (χ2n) is 6.26. The maximum absolute atomic E-state index is 12.0. The van der Waals surface area contributed by atoms with Crippen LogP contribution in [0.4, 0.5) is 4.79 Å². The lowest BCUT2D eigenvalue weighted by atomic mass is 10.1. The molecule has 3 rings (SSSR count). The normalized spacial score (nSPS) is 13.6. The van der Waals surface area contributed by atoms with Crippen LogP contribution >= 0.6 is 0 Å². The molecule has 0 saturated carbocycles. The van der Waals surface area contributed by atoms with Gasteiger partial charge in [0.15, 0.2) is 0 Å². The number of carbonyl (C=O) groups is 1. The van der Waals surface area contributed by atoms with Gasteiger partial charge in [0.2, 0.25) is 0 Å². The zero-order chi connectivity index (χ0) is 17.5. The van der Waals surface area contributed by atoms with Crippen molar-refractivity contribution < 1.29 is 14.6 Å². The fourth-order valence-corrected chi connectivity index (χ4v) is 3.01. The second kappa shape index (κ2) is 8.53. The van der Waals surface area contributed by atoms with Gasteiger partial charge in [0.05, 0.1) is 19.3 Å². The number of ether oxygens (including phenoxy) is 1. The Morgan fingerprint density at radius 3 is 2.80 bits per heavy atom. The minimum atomic E-state index is -0.292. The minimum absolute atomic E-state index is 0.0901. The number of carbonyl (C=O) groups excluding carboxylic acids is 1. The van der Waals surface area contributed by atoms with E-state index in [1.165, 1.54) is 11.1 Å². The van der Waals surface area contributed by atoms with E-state index in [1.54, 1.807) is 0 Å². The molecule has 1 heterocycles. The van der Waals surface area contributed by atoms with Crippen molar-refractivity contribution in [3.05, 3.63) is 65.2 Å². The van der Waals surface area contributed by atoms with Crippen LogP contribution < -0.4 is 15.4 Å². The van der Waals surface area contributed by atoms with Crippen LogP contribution in [0.15, 0.2) is 48.5 Å². The smallest absolute Gasteiger partial charge is 0.315 e. The summed E-state index contributed by atoms with van der Waals surface area (Å²) in [5, 5.41) is 15.2. The number of nitrogens with one attached hydrogen (secondary N) is 2. The van der Waals surface area contributed by atoms with Crippen LogP contribution in [0.5, 0.6) is 5.75 Å². The molecule has 0 aromatic heterocycles. The van der Waals surface area contributed by atoms with Gasteiger partial charge < -0.3 is 20.5 Å². The Balaban J connectivity index is 1.42. The Labute approximate surface area is 148 Å². The van der Waals surface area contributed by atoms with Crippen LogP contribution in [-0.4, -0.2) is 36.9 Å². The molecule has 0 unspecified atom stereocenters. The molecule has 0 bridgehead atoms. The third kappa shape index (κ3) is 4.97. The van der Waals surface area contributed by atoms with Crippen molar-refractivity contribution >= 4 is 6.03 Å². The first kappa shape index (κ1) is 17.3. The van der Waals surface area contributed by atoms with Crippen LogP contribution in [-0.2, 0) is 19.3 Å². The fourth-order valence-electron chi connectivity index (χ4n) is 3.01. The summed E-state index contributed by atoms with van der Waals surface area (Å²) in [7, 11) is 0. The number of urea groups is 1. The molecule has 0 saturated heterocycles. The lowest BCUT2D eigenvalue weighted by Gasteiger charge is -2.17. The highest BCUT2D eigenvalue weighted by Crippen LogP contribution is 2.25. The summed E-state index contributed by atoms with van der Waals surface area (Å²) in [4.78, 5) is 12.0. The summed E-state index contributed by atoms with van der Waals surface area (Å²) in [6.07, 6.45) is 2.33. The number of hydrogen-bond acceptors (Lipinski definition) is 3. The first-order chi connectivity index (χ1) is 12.2. The molecular formula is C20H24N2O3. The topological polar surface area (TPSA) is 70.6 Å². The molecule has 0 radical (unpaired) electrons. The van der Waals surface area contributed by atoms with Gasteiger partial charge in [-0.1, -0.05) is 42.5 Å². The maximum atomic E-state index is 12.0. The van der Waals surface area contributed by atoms with Gasteiger partial charge in [-0.15, -0.1) is 0 Å². The van der Waals surface area contributed by atoms with Gasteiger partial charge >= 0.3 is 6.03 Å². The SMILES string of the molecule is O=C(NCCc1ccc2c(c1)CCO2)N[C@H](CO)Cc1ccccc1. The summed E-state index contributed by atoms with van der Waals surface area (Å²) in [5.41, 5.74) is 3.51. The van der Waals surface area contributed by atoms with E-state index in [9.17, 15) is 9.90 Å². The average Bonchev–Trinajstić information content (AvgIpc) is 3.10. The average molecular weight is 340 g/mol. The standard InChI is InChI=1S/C20H24N2O3/c23-14-18(13-15-4-2-1-3-5-15)22-20(24)21-10-8-16-6-7-19-17(12-16)9-11-25-19/h1-7,12,18,23H,8-11,13-14H2,(H2,21,22,24)/t18-/m0/s1. The molecular weight excluding hydrogens is 316 g/mol. The summed E-state index contributed by atoms with van der Waals surface area (Å²) in [5.74, 6) is 0.973. The zero-order valence-corrected chi connectivity index (χ0v) is 14.2. The van der Waals surface area contributed by atoms with Crippen molar-refractivity contribution in [3.63, 3.8) is 0 Å². The van der Waals surface area contributed by atoms with Crippen LogP contribution in [0.2, 0.25) is 0 Å². The van der Waals surface area contributed by atoms with E-state index in [4.69, 9.17) is 4.74 Å². The third-order valence-electron chi connectivity index (χ3n) is 4.33. The Kier molecular flexibility index (Phi) is 5.90. The molecule has 1 atom stereocenters. The summed E-state index contributed by atoms with van der Waals surface area (Å²) in [6, 6.07) is 15.5. The van der Waals surface area contributed by atoms with Gasteiger partial charge in [0.25, 0.3) is 0 Å². The molecule has 0 spiro atoms. The molecule has 1 aliphatic heterocycles.